The molecule has 0 amide bonds. The van der Waals surface area contributed by atoms with Crippen LogP contribution < -0.4 is 10.1 Å². The number of ether oxygens (including phenoxy) is 1. The van der Waals surface area contributed by atoms with E-state index in [1.165, 1.54) is 11.1 Å². The van der Waals surface area contributed by atoms with Gasteiger partial charge < -0.3 is 30.2 Å². The van der Waals surface area contributed by atoms with Crippen LogP contribution in [0.15, 0.2) is 90.8 Å². The van der Waals surface area contributed by atoms with Crippen molar-refractivity contribution in [1.29, 1.82) is 0 Å². The lowest BCUT2D eigenvalue weighted by molar-refractivity contribution is -0.129. The van der Waals surface area contributed by atoms with E-state index in [-0.39, 0.29) is 60.1 Å². The topological polar surface area (TPSA) is 127 Å². The van der Waals surface area contributed by atoms with E-state index in [0.717, 1.165) is 108 Å². The van der Waals surface area contributed by atoms with Gasteiger partial charge in [-0.3, -0.25) is 9.59 Å². The van der Waals surface area contributed by atoms with Gasteiger partial charge in [0, 0.05) is 71.4 Å². The summed E-state index contributed by atoms with van der Waals surface area (Å²) in [5.41, 5.74) is 10.4. The number of aromatic hydroxyl groups is 2. The Hall–Kier alpha value is -5.76. The van der Waals surface area contributed by atoms with Crippen molar-refractivity contribution in [3.63, 3.8) is 0 Å². The van der Waals surface area contributed by atoms with E-state index in [0.29, 0.717) is 24.3 Å². The summed E-state index contributed by atoms with van der Waals surface area (Å²) in [6.07, 6.45) is 19.9. The number of aromatic amines is 2. The molecule has 59 heavy (non-hydrogen) atoms. The predicted molar refractivity (Wildman–Crippen MR) is 231 cm³/mol. The third-order valence-corrected chi connectivity index (χ3v) is 13.9. The van der Waals surface area contributed by atoms with Crippen molar-refractivity contribution in [1.82, 2.24) is 9.97 Å². The first-order valence-corrected chi connectivity index (χ1v) is 21.8. The molecule has 1 fully saturated rings. The Balaban J connectivity index is 1.04. The van der Waals surface area contributed by atoms with Gasteiger partial charge in [-0.2, -0.15) is 0 Å². The van der Waals surface area contributed by atoms with Gasteiger partial charge in [-0.05, 0) is 134 Å². The van der Waals surface area contributed by atoms with Crippen LogP contribution >= 0.6 is 0 Å². The van der Waals surface area contributed by atoms with E-state index >= 15 is 4.79 Å². The van der Waals surface area contributed by atoms with Gasteiger partial charge >= 0.3 is 0 Å². The molecular weight excluding hydrogens is 735 g/mol. The minimum absolute atomic E-state index is 0.0311. The molecule has 5 aromatic rings. The number of aryl methyl sites for hydroxylation is 2. The van der Waals surface area contributed by atoms with Gasteiger partial charge in [0.05, 0.1) is 12.5 Å². The van der Waals surface area contributed by atoms with E-state index in [9.17, 15) is 15.0 Å². The third-order valence-electron chi connectivity index (χ3n) is 13.9. The zero-order valence-corrected chi connectivity index (χ0v) is 33.5. The van der Waals surface area contributed by atoms with E-state index in [1.54, 1.807) is 6.07 Å². The number of allylic oxidation sites excluding steroid dienone is 1. The zero-order chi connectivity index (χ0) is 40.0. The lowest BCUT2D eigenvalue weighted by Crippen LogP contribution is -2.37. The first-order valence-electron chi connectivity index (χ1n) is 21.8. The van der Waals surface area contributed by atoms with Gasteiger partial charge in [0.15, 0.2) is 11.5 Å². The van der Waals surface area contributed by atoms with Crippen molar-refractivity contribution >= 4 is 29.5 Å². The molecule has 1 aliphatic heterocycles. The van der Waals surface area contributed by atoms with Crippen molar-refractivity contribution in [2.75, 3.05) is 5.32 Å². The average Bonchev–Trinajstić information content (AvgIpc) is 3.98. The minimum Gasteiger partial charge on any atom is -0.507 e. The van der Waals surface area contributed by atoms with Gasteiger partial charge in [0.1, 0.15) is 23.1 Å². The molecule has 5 N–H and O–H groups in total. The second kappa shape index (κ2) is 15.8. The molecule has 0 radical (unpaired) electrons. The number of benzene rings is 3. The lowest BCUT2D eigenvalue weighted by atomic mass is 9.67. The number of carbonyl (C=O) groups excluding carboxylic acids is 2. The van der Waals surface area contributed by atoms with Crippen molar-refractivity contribution in [3.8, 4) is 17.2 Å². The summed E-state index contributed by atoms with van der Waals surface area (Å²) >= 11 is 0. The summed E-state index contributed by atoms with van der Waals surface area (Å²) in [5, 5.41) is 26.2. The molecule has 2 aromatic heterocycles. The maximum absolute atomic E-state index is 15.1. The number of fused-ring (bicyclic) bond motifs is 14. The van der Waals surface area contributed by atoms with Crippen LogP contribution in [0.1, 0.15) is 126 Å². The number of nitrogens with one attached hydrogen (secondary N) is 3. The summed E-state index contributed by atoms with van der Waals surface area (Å²) in [6, 6.07) is 22.6. The predicted octanol–water partition coefficient (Wildman–Crippen LogP) is 10.3. The molecule has 0 spiro atoms. The van der Waals surface area contributed by atoms with Crippen LogP contribution in [0.3, 0.4) is 0 Å². The highest BCUT2D eigenvalue weighted by Crippen LogP contribution is 2.48. The first kappa shape index (κ1) is 37.5. The van der Waals surface area contributed by atoms with Crippen molar-refractivity contribution in [3.05, 3.63) is 141 Å². The minimum atomic E-state index is -0.490. The third kappa shape index (κ3) is 7.43. The number of rotatable bonds is 4. The summed E-state index contributed by atoms with van der Waals surface area (Å²) < 4.78 is 6.44. The van der Waals surface area contributed by atoms with Crippen LogP contribution in [-0.2, 0) is 28.9 Å². The van der Waals surface area contributed by atoms with E-state index in [2.05, 4.69) is 76.0 Å². The van der Waals surface area contributed by atoms with Gasteiger partial charge in [-0.1, -0.05) is 54.6 Å². The Morgan fingerprint density at radius 2 is 1.61 bits per heavy atom. The number of ketones is 2. The van der Waals surface area contributed by atoms with Crippen molar-refractivity contribution < 1.29 is 24.5 Å². The summed E-state index contributed by atoms with van der Waals surface area (Å²) in [6.45, 7) is 0. The van der Waals surface area contributed by atoms with Gasteiger partial charge in [-0.25, -0.2) is 0 Å². The number of aromatic nitrogens is 2. The molecule has 1 saturated carbocycles. The smallest absolute Gasteiger partial charge is 0.161 e. The molecule has 10 rings (SSSR count). The molecule has 8 nitrogen and oxygen atoms in total. The second-order valence-electron chi connectivity index (χ2n) is 17.7. The molecule has 4 aliphatic carbocycles. The standard InChI is InChI=1S/C51H53N3O5/c55-36-15-12-32-25-35(50(58)48(27-32)59-37-8-1-2-9-37)24-31-5-3-7-34(23-31)38-17-18-44(54-51-41(38)20-22-53-51)43-29-45-40(19-21-52-45)42(49(43)47(57)28-36)26-30-11-14-33-6-4-10-46(56)39(33)16-13-30/h3-7,10,13,16,19-23,25,27,29-30,37-38,42,44,49,52-54,56,58H,1-2,8-9,11-12,14-15,17-18,24,26,28H2/t30-,38-,42+,44-,49-/m0/s1. The van der Waals surface area contributed by atoms with Crippen molar-refractivity contribution in [2.45, 2.75) is 107 Å². The zero-order valence-electron chi connectivity index (χ0n) is 33.5. The Morgan fingerprint density at radius 3 is 2.51 bits per heavy atom. The number of anilines is 1. The van der Waals surface area contributed by atoms with Crippen LogP contribution in [0, 0.1) is 11.8 Å². The van der Waals surface area contributed by atoms with E-state index in [1.807, 2.05) is 30.6 Å². The van der Waals surface area contributed by atoms with Gasteiger partial charge in [0.25, 0.3) is 0 Å². The van der Waals surface area contributed by atoms with Crippen LogP contribution in [0.25, 0.3) is 12.2 Å². The summed E-state index contributed by atoms with van der Waals surface area (Å²) in [4.78, 5) is 36.1. The number of H-pyrrole nitrogens is 2. The maximum atomic E-state index is 15.1. The highest BCUT2D eigenvalue weighted by atomic mass is 16.5. The first-order chi connectivity index (χ1) is 28.8. The molecular formula is C51H53N3O5. The number of Topliss-reactive ketones (excluding diaryl/α,β-unsaturated/α-hetero) is 2. The van der Waals surface area contributed by atoms with Crippen LogP contribution in [0.5, 0.6) is 17.2 Å². The van der Waals surface area contributed by atoms with Crippen LogP contribution in [-0.4, -0.2) is 43.9 Å². The lowest BCUT2D eigenvalue weighted by Gasteiger charge is -2.37. The normalized spacial score (nSPS) is 24.3. The Bertz CT molecular complexity index is 2460. The largest absolute Gasteiger partial charge is 0.507 e. The molecule has 3 aromatic carbocycles. The Kier molecular flexibility index (Phi) is 10.0. The highest BCUT2D eigenvalue weighted by molar-refractivity contribution is 6.02. The van der Waals surface area contributed by atoms with E-state index < -0.39 is 5.92 Å². The van der Waals surface area contributed by atoms with Crippen LogP contribution in [0.4, 0.5) is 5.82 Å². The monoisotopic (exact) mass is 787 g/mol. The Labute approximate surface area is 345 Å². The Morgan fingerprint density at radius 1 is 0.763 bits per heavy atom. The highest BCUT2D eigenvalue weighted by Gasteiger charge is 2.42. The van der Waals surface area contributed by atoms with E-state index in [4.69, 9.17) is 4.74 Å². The fourth-order valence-electron chi connectivity index (χ4n) is 10.9. The van der Waals surface area contributed by atoms with Crippen molar-refractivity contribution in [2.24, 2.45) is 11.8 Å². The SMILES string of the molecule is O=C1CCc2cc(c(O)c(OC3CCCC3)c2)Cc2cccc(c2)[C@@H]2CC[C@H](Nc3[nH]ccc32)C2=Cc3[nH]ccc3[C@@H](C[C@@H]3C=Cc4c(O)cccc4CC3)[C@@H]2C(=O)C1. The molecule has 5 atom stereocenters. The fourth-order valence-corrected chi connectivity index (χ4v) is 10.9. The fraction of sp³-hybridized carbons (Fsp3) is 0.373. The molecule has 0 unspecified atom stereocenters. The van der Waals surface area contributed by atoms with Gasteiger partial charge in [0.2, 0.25) is 0 Å². The van der Waals surface area contributed by atoms with Crippen LogP contribution in [0.2, 0.25) is 0 Å². The number of carbonyl (C=O) groups is 2. The molecule has 302 valence electrons. The molecule has 3 heterocycles. The quantitative estimate of drug-likeness (QED) is 0.115. The summed E-state index contributed by atoms with van der Waals surface area (Å²) in [5.74, 6) is 1.47. The van der Waals surface area contributed by atoms with Gasteiger partial charge in [-0.15, -0.1) is 0 Å². The molecule has 5 aliphatic rings. The number of phenolic OH excluding ortho intramolecular Hbond substituents is 2. The molecule has 6 bridgehead atoms. The second-order valence-corrected chi connectivity index (χ2v) is 17.7. The molecule has 0 saturated heterocycles. The number of hydrogen-bond acceptors (Lipinski definition) is 6. The number of hydrogen-bond donors (Lipinski definition) is 5. The molecule has 8 heteroatoms. The maximum Gasteiger partial charge on any atom is 0.161 e. The summed E-state index contributed by atoms with van der Waals surface area (Å²) in [7, 11) is 0. The number of phenols is 2. The average molecular weight is 788 g/mol.